The van der Waals surface area contributed by atoms with Gasteiger partial charge in [0.05, 0.1) is 13.2 Å². The van der Waals surface area contributed by atoms with Crippen LogP contribution in [-0.4, -0.2) is 49.3 Å². The highest BCUT2D eigenvalue weighted by Crippen LogP contribution is 2.21. The van der Waals surface area contributed by atoms with Gasteiger partial charge in [-0.15, -0.1) is 0 Å². The highest BCUT2D eigenvalue weighted by molar-refractivity contribution is 6.09. The first-order chi connectivity index (χ1) is 13.1. The van der Waals surface area contributed by atoms with Gasteiger partial charge in [0.25, 0.3) is 0 Å². The molecule has 140 valence electrons. The number of carbonyl (C=O) groups excluding carboxylic acids is 2. The number of benzene rings is 2. The zero-order valence-electron chi connectivity index (χ0n) is 15.5. The number of rotatable bonds is 8. The number of hydrogen-bond donors (Lipinski definition) is 0. The fourth-order valence-corrected chi connectivity index (χ4v) is 3.36. The fourth-order valence-electron chi connectivity index (χ4n) is 3.36. The van der Waals surface area contributed by atoms with E-state index in [0.717, 1.165) is 13.1 Å². The smallest absolute Gasteiger partial charge is 0.188 e. The maximum Gasteiger partial charge on any atom is 0.188 e. The van der Waals surface area contributed by atoms with Gasteiger partial charge in [0.1, 0.15) is 0 Å². The van der Waals surface area contributed by atoms with Crippen molar-refractivity contribution in [3.8, 4) is 0 Å². The highest BCUT2D eigenvalue weighted by Gasteiger charge is 2.26. The maximum absolute atomic E-state index is 13.1. The van der Waals surface area contributed by atoms with E-state index >= 15 is 0 Å². The third kappa shape index (κ3) is 5.22. The Kier molecular flexibility index (Phi) is 6.69. The summed E-state index contributed by atoms with van der Waals surface area (Å²) < 4.78 is 5.41. The summed E-state index contributed by atoms with van der Waals surface area (Å²) in [7, 11) is 0. The van der Waals surface area contributed by atoms with Gasteiger partial charge in [-0.3, -0.25) is 14.5 Å². The van der Waals surface area contributed by atoms with E-state index < -0.39 is 0 Å². The lowest BCUT2D eigenvalue weighted by Gasteiger charge is -2.30. The van der Waals surface area contributed by atoms with E-state index in [9.17, 15) is 9.59 Å². The summed E-state index contributed by atoms with van der Waals surface area (Å²) in [5, 5.41) is 0. The predicted molar refractivity (Wildman–Crippen MR) is 106 cm³/mol. The molecule has 0 N–H and O–H groups in total. The van der Waals surface area contributed by atoms with Crippen LogP contribution in [0, 0.1) is 5.92 Å². The van der Waals surface area contributed by atoms with Crippen molar-refractivity contribution in [3.05, 3.63) is 83.9 Å². The summed E-state index contributed by atoms with van der Waals surface area (Å²) in [6.07, 6.45) is 0.360. The summed E-state index contributed by atoms with van der Waals surface area (Å²) in [6, 6.07) is 18.4. The molecular weight excluding hydrogens is 338 g/mol. The number of morpholine rings is 1. The number of ketones is 2. The third-order valence-corrected chi connectivity index (χ3v) is 4.86. The van der Waals surface area contributed by atoms with Crippen molar-refractivity contribution < 1.29 is 14.3 Å². The second-order valence-corrected chi connectivity index (χ2v) is 6.84. The highest BCUT2D eigenvalue weighted by atomic mass is 16.5. The molecule has 0 aliphatic carbocycles. The molecule has 0 spiro atoms. The van der Waals surface area contributed by atoms with E-state index in [2.05, 4.69) is 11.5 Å². The first kappa shape index (κ1) is 19.2. The third-order valence-electron chi connectivity index (χ3n) is 4.86. The lowest BCUT2D eigenvalue weighted by molar-refractivity contribution is 0.0301. The molecule has 3 rings (SSSR count). The molecule has 1 aliphatic rings. The number of Topliss-reactive ketones (excluding diaryl/α,β-unsaturated/α-hetero) is 2. The summed E-state index contributed by atoms with van der Waals surface area (Å²) in [5.41, 5.74) is 1.76. The average Bonchev–Trinajstić information content (AvgIpc) is 2.74. The molecule has 0 radical (unpaired) electrons. The van der Waals surface area contributed by atoms with Crippen molar-refractivity contribution in [3.63, 3.8) is 0 Å². The second-order valence-electron chi connectivity index (χ2n) is 6.84. The van der Waals surface area contributed by atoms with Gasteiger partial charge < -0.3 is 4.74 Å². The van der Waals surface area contributed by atoms with Crippen LogP contribution < -0.4 is 0 Å². The molecule has 1 saturated heterocycles. The molecule has 4 heteroatoms. The van der Waals surface area contributed by atoms with Crippen LogP contribution in [0.25, 0.3) is 0 Å². The first-order valence-corrected chi connectivity index (χ1v) is 9.32. The molecule has 1 heterocycles. The monoisotopic (exact) mass is 363 g/mol. The maximum atomic E-state index is 13.1. The van der Waals surface area contributed by atoms with E-state index in [0.29, 0.717) is 42.9 Å². The fraction of sp³-hybridized carbons (Fsp3) is 0.304. The molecule has 0 saturated carbocycles. The van der Waals surface area contributed by atoms with Gasteiger partial charge in [-0.2, -0.15) is 0 Å². The van der Waals surface area contributed by atoms with E-state index in [4.69, 9.17) is 4.74 Å². The zero-order chi connectivity index (χ0) is 19.1. The topological polar surface area (TPSA) is 46.6 Å². The Balaban J connectivity index is 1.75. The zero-order valence-corrected chi connectivity index (χ0v) is 15.5. The lowest BCUT2D eigenvalue weighted by Crippen LogP contribution is -2.41. The van der Waals surface area contributed by atoms with Crippen molar-refractivity contribution in [2.45, 2.75) is 6.42 Å². The first-order valence-electron chi connectivity index (χ1n) is 9.32. The SMILES string of the molecule is C=C(C[C@H](CN1CCOCC1)C(=O)c1ccccc1)C(=O)c1ccccc1. The molecule has 0 amide bonds. The normalized spacial score (nSPS) is 15.9. The molecular formula is C23H25NO3. The van der Waals surface area contributed by atoms with Crippen LogP contribution in [0.2, 0.25) is 0 Å². The molecule has 2 aromatic rings. The van der Waals surface area contributed by atoms with Crippen LogP contribution in [-0.2, 0) is 4.74 Å². The summed E-state index contributed by atoms with van der Waals surface area (Å²) in [5.74, 6) is -0.335. The van der Waals surface area contributed by atoms with Crippen LogP contribution in [0.4, 0.5) is 0 Å². The second kappa shape index (κ2) is 9.40. The van der Waals surface area contributed by atoms with Gasteiger partial charge in [-0.05, 0) is 12.0 Å². The molecule has 1 aliphatic heterocycles. The van der Waals surface area contributed by atoms with E-state index in [1.165, 1.54) is 0 Å². The van der Waals surface area contributed by atoms with Crippen LogP contribution in [0.5, 0.6) is 0 Å². The number of carbonyl (C=O) groups is 2. The van der Waals surface area contributed by atoms with Crippen LogP contribution >= 0.6 is 0 Å². The molecule has 4 nitrogen and oxygen atoms in total. The molecule has 0 unspecified atom stereocenters. The number of hydrogen-bond acceptors (Lipinski definition) is 4. The van der Waals surface area contributed by atoms with Crippen LogP contribution in [0.3, 0.4) is 0 Å². The van der Waals surface area contributed by atoms with Gasteiger partial charge in [0, 0.05) is 36.7 Å². The summed E-state index contributed by atoms with van der Waals surface area (Å²) in [4.78, 5) is 28.0. The molecule has 1 fully saturated rings. The van der Waals surface area contributed by atoms with Crippen molar-refractivity contribution in [1.29, 1.82) is 0 Å². The predicted octanol–water partition coefficient (Wildman–Crippen LogP) is 3.65. The minimum atomic E-state index is -0.300. The van der Waals surface area contributed by atoms with Crippen LogP contribution in [0.1, 0.15) is 27.1 Å². The van der Waals surface area contributed by atoms with Gasteiger partial charge >= 0.3 is 0 Å². The molecule has 1 atom stereocenters. The molecule has 0 bridgehead atoms. The molecule has 2 aromatic carbocycles. The molecule has 27 heavy (non-hydrogen) atoms. The standard InChI is InChI=1S/C23H25NO3/c1-18(22(25)19-8-4-2-5-9-19)16-21(17-24-12-14-27-15-13-24)23(26)20-10-6-3-7-11-20/h2-11,21H,1,12-17H2/t21-/m1/s1. The van der Waals surface area contributed by atoms with E-state index in [1.807, 2.05) is 48.5 Å². The van der Waals surface area contributed by atoms with Crippen molar-refractivity contribution >= 4 is 11.6 Å². The number of ether oxygens (including phenoxy) is 1. The average molecular weight is 363 g/mol. The Morgan fingerprint density at radius 3 is 2.07 bits per heavy atom. The van der Waals surface area contributed by atoms with E-state index in [1.54, 1.807) is 12.1 Å². The largest absolute Gasteiger partial charge is 0.379 e. The Morgan fingerprint density at radius 1 is 0.926 bits per heavy atom. The lowest BCUT2D eigenvalue weighted by atomic mass is 9.88. The quantitative estimate of drug-likeness (QED) is 0.531. The number of nitrogens with zero attached hydrogens (tertiary/aromatic N) is 1. The van der Waals surface area contributed by atoms with E-state index in [-0.39, 0.29) is 17.5 Å². The van der Waals surface area contributed by atoms with Crippen molar-refractivity contribution in [1.82, 2.24) is 4.90 Å². The summed E-state index contributed by atoms with van der Waals surface area (Å²) in [6.45, 7) is 7.56. The van der Waals surface area contributed by atoms with Gasteiger partial charge in [-0.1, -0.05) is 67.2 Å². The Hall–Kier alpha value is -2.56. The van der Waals surface area contributed by atoms with Crippen LogP contribution in [0.15, 0.2) is 72.8 Å². The Bertz CT molecular complexity index is 780. The minimum absolute atomic E-state index is 0.0594. The van der Waals surface area contributed by atoms with Gasteiger partial charge in [0.15, 0.2) is 11.6 Å². The summed E-state index contributed by atoms with van der Waals surface area (Å²) >= 11 is 0. The Morgan fingerprint density at radius 2 is 1.48 bits per heavy atom. The van der Waals surface area contributed by atoms with Gasteiger partial charge in [0.2, 0.25) is 0 Å². The van der Waals surface area contributed by atoms with Crippen molar-refractivity contribution in [2.75, 3.05) is 32.8 Å². The minimum Gasteiger partial charge on any atom is -0.379 e. The van der Waals surface area contributed by atoms with Crippen molar-refractivity contribution in [2.24, 2.45) is 5.92 Å². The number of allylic oxidation sites excluding steroid dienone is 1. The Labute approximate surface area is 160 Å². The molecule has 0 aromatic heterocycles. The van der Waals surface area contributed by atoms with Gasteiger partial charge in [-0.25, -0.2) is 0 Å².